The van der Waals surface area contributed by atoms with Gasteiger partial charge in [-0.05, 0) is 24.3 Å². The molecule has 0 aliphatic carbocycles. The van der Waals surface area contributed by atoms with Crippen molar-refractivity contribution in [1.29, 1.82) is 0 Å². The van der Waals surface area contributed by atoms with Crippen molar-refractivity contribution < 1.29 is 28.5 Å². The van der Waals surface area contributed by atoms with E-state index in [1.165, 1.54) is 28.5 Å². The van der Waals surface area contributed by atoms with Crippen molar-refractivity contribution in [2.24, 2.45) is 0 Å². The average Bonchev–Trinajstić information content (AvgIpc) is 2.84. The van der Waals surface area contributed by atoms with E-state index < -0.39 is 0 Å². The standard InChI is InChI=1S/C17H14N3.HI/c1-3-8-14-12(6-1)16-17-19(14)10-5-11-20(17)15-9-4-2-7-13(15)18-16;/h1-4,6-9H,5,10-11H2;1H/q+1;/p-1. The topological polar surface area (TPSA) is 21.7 Å². The highest BCUT2D eigenvalue weighted by Crippen LogP contribution is 2.29. The van der Waals surface area contributed by atoms with Crippen molar-refractivity contribution >= 4 is 33.1 Å². The van der Waals surface area contributed by atoms with E-state index in [1.807, 2.05) is 0 Å². The lowest BCUT2D eigenvalue weighted by atomic mass is 10.2. The smallest absolute Gasteiger partial charge is 0.309 e. The van der Waals surface area contributed by atoms with Gasteiger partial charge >= 0.3 is 5.65 Å². The third-order valence-corrected chi connectivity index (χ3v) is 4.34. The molecule has 2 aromatic carbocycles. The Kier molecular flexibility index (Phi) is 2.89. The van der Waals surface area contributed by atoms with Gasteiger partial charge in [0.2, 0.25) is 0 Å². The van der Waals surface area contributed by atoms with Gasteiger partial charge < -0.3 is 24.0 Å². The quantitative estimate of drug-likeness (QED) is 0.309. The van der Waals surface area contributed by atoms with E-state index >= 15 is 0 Å². The van der Waals surface area contributed by atoms with Crippen molar-refractivity contribution in [1.82, 2.24) is 9.55 Å². The number of fused-ring (bicyclic) bond motifs is 5. The summed E-state index contributed by atoms with van der Waals surface area (Å²) in [7, 11) is 0. The largest absolute Gasteiger partial charge is 1.00 e. The van der Waals surface area contributed by atoms with E-state index in [0.717, 1.165) is 24.1 Å². The molecule has 4 aromatic rings. The van der Waals surface area contributed by atoms with Crippen LogP contribution < -0.4 is 28.5 Å². The molecule has 1 aliphatic rings. The Morgan fingerprint density at radius 1 is 1.00 bits per heavy atom. The van der Waals surface area contributed by atoms with Gasteiger partial charge in [-0.3, -0.25) is 0 Å². The molecule has 0 bridgehead atoms. The molecule has 0 saturated heterocycles. The van der Waals surface area contributed by atoms with Crippen LogP contribution in [0.25, 0.3) is 33.1 Å². The molecule has 0 N–H and O–H groups in total. The Hall–Kier alpha value is -1.69. The number of hydrogen-bond donors (Lipinski definition) is 0. The molecule has 0 unspecified atom stereocenters. The minimum Gasteiger partial charge on any atom is -1.00 e. The van der Waals surface area contributed by atoms with Gasteiger partial charge in [0.15, 0.2) is 11.0 Å². The number of para-hydroxylation sites is 3. The van der Waals surface area contributed by atoms with E-state index in [4.69, 9.17) is 4.98 Å². The Labute approximate surface area is 139 Å². The van der Waals surface area contributed by atoms with E-state index in [1.54, 1.807) is 0 Å². The molecule has 1 aliphatic heterocycles. The minimum atomic E-state index is 0. The second kappa shape index (κ2) is 4.66. The summed E-state index contributed by atoms with van der Waals surface area (Å²) in [5.41, 5.74) is 6.04. The maximum Gasteiger partial charge on any atom is 0.309 e. The summed E-state index contributed by atoms with van der Waals surface area (Å²) in [5.74, 6) is 0. The molecule has 104 valence electrons. The predicted molar refractivity (Wildman–Crippen MR) is 79.6 cm³/mol. The highest BCUT2D eigenvalue weighted by atomic mass is 127. The van der Waals surface area contributed by atoms with Crippen LogP contribution in [0.1, 0.15) is 6.42 Å². The van der Waals surface area contributed by atoms with Crippen LogP contribution in [-0.4, -0.2) is 9.55 Å². The van der Waals surface area contributed by atoms with Crippen LogP contribution in [-0.2, 0) is 13.1 Å². The second-order valence-corrected chi connectivity index (χ2v) is 5.45. The van der Waals surface area contributed by atoms with Gasteiger partial charge in [0.05, 0.1) is 18.5 Å². The summed E-state index contributed by atoms with van der Waals surface area (Å²) in [6.45, 7) is 2.17. The van der Waals surface area contributed by atoms with Crippen molar-refractivity contribution in [3.63, 3.8) is 0 Å². The van der Waals surface area contributed by atoms with Crippen molar-refractivity contribution in [2.75, 3.05) is 0 Å². The molecule has 21 heavy (non-hydrogen) atoms. The van der Waals surface area contributed by atoms with Gasteiger partial charge in [-0.15, -0.1) is 0 Å². The first kappa shape index (κ1) is 13.0. The number of hydrogen-bond acceptors (Lipinski definition) is 1. The molecule has 3 nitrogen and oxygen atoms in total. The van der Waals surface area contributed by atoms with Gasteiger partial charge in [-0.1, -0.05) is 24.3 Å². The van der Waals surface area contributed by atoms with E-state index in [0.29, 0.717) is 0 Å². The van der Waals surface area contributed by atoms with Crippen molar-refractivity contribution in [3.05, 3.63) is 48.5 Å². The zero-order valence-corrected chi connectivity index (χ0v) is 13.6. The third-order valence-electron chi connectivity index (χ3n) is 4.34. The summed E-state index contributed by atoms with van der Waals surface area (Å²) in [5, 5.41) is 1.27. The maximum absolute atomic E-state index is 4.93. The molecule has 2 aromatic heterocycles. The van der Waals surface area contributed by atoms with Crippen LogP contribution in [0.2, 0.25) is 0 Å². The number of benzene rings is 2. The molecular formula is C17H14IN3. The van der Waals surface area contributed by atoms with Crippen LogP contribution in [0.15, 0.2) is 48.5 Å². The molecule has 5 rings (SSSR count). The molecular weight excluding hydrogens is 373 g/mol. The third kappa shape index (κ3) is 1.65. The Morgan fingerprint density at radius 3 is 2.76 bits per heavy atom. The summed E-state index contributed by atoms with van der Waals surface area (Å²) < 4.78 is 4.86. The minimum absolute atomic E-state index is 0. The van der Waals surface area contributed by atoms with E-state index in [-0.39, 0.29) is 24.0 Å². The molecule has 3 heterocycles. The molecule has 0 amide bonds. The summed E-state index contributed by atoms with van der Waals surface area (Å²) in [6.07, 6.45) is 1.18. The maximum atomic E-state index is 4.93. The zero-order chi connectivity index (χ0) is 13.1. The average molecular weight is 387 g/mol. The van der Waals surface area contributed by atoms with Gasteiger partial charge in [-0.2, -0.15) is 0 Å². The lowest BCUT2D eigenvalue weighted by Gasteiger charge is -2.12. The van der Waals surface area contributed by atoms with Crippen LogP contribution >= 0.6 is 0 Å². The fourth-order valence-electron chi connectivity index (χ4n) is 3.52. The number of nitrogens with zero attached hydrogens (tertiary/aromatic N) is 3. The lowest BCUT2D eigenvalue weighted by molar-refractivity contribution is -0.652. The van der Waals surface area contributed by atoms with E-state index in [9.17, 15) is 0 Å². The van der Waals surface area contributed by atoms with Gasteiger partial charge in [0, 0.05) is 6.42 Å². The number of aryl methyl sites for hydroxylation is 2. The number of aromatic nitrogens is 3. The number of rotatable bonds is 0. The number of halogens is 1. The normalized spacial score (nSPS) is 13.7. The Morgan fingerprint density at radius 2 is 1.81 bits per heavy atom. The molecule has 0 atom stereocenters. The van der Waals surface area contributed by atoms with Crippen molar-refractivity contribution in [3.8, 4) is 0 Å². The monoisotopic (exact) mass is 387 g/mol. The van der Waals surface area contributed by atoms with Crippen LogP contribution in [0.4, 0.5) is 0 Å². The Balaban J connectivity index is 0.00000115. The fraction of sp³-hybridized carbons (Fsp3) is 0.176. The highest BCUT2D eigenvalue weighted by Gasteiger charge is 2.27. The van der Waals surface area contributed by atoms with E-state index in [2.05, 4.69) is 57.7 Å². The predicted octanol–water partition coefficient (Wildman–Crippen LogP) is 0.0379. The first-order chi connectivity index (χ1) is 9.93. The van der Waals surface area contributed by atoms with Gasteiger partial charge in [0.25, 0.3) is 0 Å². The van der Waals surface area contributed by atoms with Gasteiger partial charge in [0.1, 0.15) is 11.0 Å². The van der Waals surface area contributed by atoms with Crippen LogP contribution in [0, 0.1) is 0 Å². The first-order valence-electron chi connectivity index (χ1n) is 7.13. The Bertz CT molecular complexity index is 982. The highest BCUT2D eigenvalue weighted by molar-refractivity contribution is 6.04. The van der Waals surface area contributed by atoms with Gasteiger partial charge in [-0.25, -0.2) is 14.1 Å². The summed E-state index contributed by atoms with van der Waals surface area (Å²) in [4.78, 5) is 4.93. The lowest BCUT2D eigenvalue weighted by Crippen LogP contribution is -3.00. The van der Waals surface area contributed by atoms with Crippen LogP contribution in [0.3, 0.4) is 0 Å². The summed E-state index contributed by atoms with van der Waals surface area (Å²) in [6, 6.07) is 17.1. The SMILES string of the molecule is [I-].c1ccc2c(c1)nc1c3ccccc3n3c1[n+]2CCC3. The zero-order valence-electron chi connectivity index (χ0n) is 11.5. The molecule has 4 heteroatoms. The molecule has 0 radical (unpaired) electrons. The molecule has 0 fully saturated rings. The fourth-order valence-corrected chi connectivity index (χ4v) is 3.52. The van der Waals surface area contributed by atoms with Crippen molar-refractivity contribution in [2.45, 2.75) is 19.5 Å². The van der Waals surface area contributed by atoms with Crippen LogP contribution in [0.5, 0.6) is 0 Å². The molecule has 0 saturated carbocycles. The molecule has 0 spiro atoms. The first-order valence-corrected chi connectivity index (χ1v) is 7.13. The summed E-state index contributed by atoms with van der Waals surface area (Å²) >= 11 is 0. The second-order valence-electron chi connectivity index (χ2n) is 5.45.